The van der Waals surface area contributed by atoms with Gasteiger partial charge >= 0.3 is 0 Å². The molecular weight excluding hydrogens is 362 g/mol. The summed E-state index contributed by atoms with van der Waals surface area (Å²) in [5, 5.41) is 15.2. The molecule has 0 unspecified atom stereocenters. The van der Waals surface area contributed by atoms with E-state index in [4.69, 9.17) is 0 Å². The van der Waals surface area contributed by atoms with Gasteiger partial charge in [0.15, 0.2) is 5.78 Å². The van der Waals surface area contributed by atoms with Gasteiger partial charge in [0.2, 0.25) is 11.1 Å². The monoisotopic (exact) mass is 381 g/mol. The molecule has 8 heteroatoms. The summed E-state index contributed by atoms with van der Waals surface area (Å²) in [7, 11) is 0. The Morgan fingerprint density at radius 1 is 1.07 bits per heavy atom. The summed E-state index contributed by atoms with van der Waals surface area (Å²) < 4.78 is 1.66. The van der Waals surface area contributed by atoms with Gasteiger partial charge in [-0.3, -0.25) is 9.59 Å². The minimum absolute atomic E-state index is 0.00410. The number of hydrogen-bond acceptors (Lipinski definition) is 6. The van der Waals surface area contributed by atoms with Gasteiger partial charge in [0.25, 0.3) is 0 Å². The molecule has 0 aliphatic rings. The highest BCUT2D eigenvalue weighted by molar-refractivity contribution is 7.99. The second-order valence-electron chi connectivity index (χ2n) is 5.99. The molecule has 138 valence electrons. The van der Waals surface area contributed by atoms with E-state index < -0.39 is 0 Å². The van der Waals surface area contributed by atoms with Gasteiger partial charge in [-0.1, -0.05) is 29.5 Å². The van der Waals surface area contributed by atoms with Gasteiger partial charge in [0.05, 0.1) is 5.69 Å². The first-order valence-corrected chi connectivity index (χ1v) is 9.40. The summed E-state index contributed by atoms with van der Waals surface area (Å²) in [5.41, 5.74) is 3.32. The molecule has 1 amide bonds. The van der Waals surface area contributed by atoms with E-state index in [2.05, 4.69) is 20.8 Å². The van der Waals surface area contributed by atoms with E-state index in [0.29, 0.717) is 28.6 Å². The van der Waals surface area contributed by atoms with Gasteiger partial charge < -0.3 is 5.32 Å². The van der Waals surface area contributed by atoms with Gasteiger partial charge in [0, 0.05) is 23.4 Å². The third-order valence-electron chi connectivity index (χ3n) is 3.85. The van der Waals surface area contributed by atoms with Crippen LogP contribution < -0.4 is 5.32 Å². The van der Waals surface area contributed by atoms with E-state index in [-0.39, 0.29) is 11.7 Å². The van der Waals surface area contributed by atoms with Crippen molar-refractivity contribution in [2.45, 2.75) is 25.4 Å². The Hall–Kier alpha value is -3.00. The van der Waals surface area contributed by atoms with Gasteiger partial charge in [-0.2, -0.15) is 4.68 Å². The van der Waals surface area contributed by atoms with Crippen LogP contribution in [-0.4, -0.2) is 37.7 Å². The molecule has 1 heterocycles. The molecule has 27 heavy (non-hydrogen) atoms. The highest BCUT2D eigenvalue weighted by atomic mass is 32.2. The Morgan fingerprint density at radius 2 is 1.78 bits per heavy atom. The number of amides is 1. The van der Waals surface area contributed by atoms with Crippen LogP contribution >= 0.6 is 11.8 Å². The number of nitrogens with one attached hydrogen (secondary N) is 1. The number of benzene rings is 2. The van der Waals surface area contributed by atoms with Gasteiger partial charge in [-0.25, -0.2) is 0 Å². The fourth-order valence-electron chi connectivity index (χ4n) is 2.36. The number of anilines is 1. The van der Waals surface area contributed by atoms with Crippen molar-refractivity contribution in [1.29, 1.82) is 0 Å². The molecule has 3 rings (SSSR count). The zero-order valence-electron chi connectivity index (χ0n) is 15.0. The number of aryl methyl sites for hydroxylation is 1. The van der Waals surface area contributed by atoms with E-state index in [0.717, 1.165) is 11.3 Å². The Balaban J connectivity index is 1.53. The molecule has 0 aliphatic heterocycles. The minimum Gasteiger partial charge on any atom is -0.326 e. The maximum absolute atomic E-state index is 12.1. The minimum atomic E-state index is -0.104. The number of nitrogens with zero attached hydrogens (tertiary/aromatic N) is 4. The standard InChI is InChI=1S/C19H19N5O2S/c1-13-3-9-17(10-4-13)24-19(21-22-23-24)27-12-11-18(26)20-16-7-5-15(6-8-16)14(2)25/h3-10H,11-12H2,1-2H3,(H,20,26). The lowest BCUT2D eigenvalue weighted by atomic mass is 10.1. The second kappa shape index (κ2) is 8.59. The summed E-state index contributed by atoms with van der Waals surface area (Å²) in [6, 6.07) is 14.7. The number of aromatic nitrogens is 4. The summed E-state index contributed by atoms with van der Waals surface area (Å²) in [6.45, 7) is 3.53. The van der Waals surface area contributed by atoms with Crippen molar-refractivity contribution < 1.29 is 9.59 Å². The highest BCUT2D eigenvalue weighted by Gasteiger charge is 2.10. The number of Topliss-reactive ketones (excluding diaryl/α,β-unsaturated/α-hetero) is 1. The van der Waals surface area contributed by atoms with Crippen LogP contribution in [0.2, 0.25) is 0 Å². The molecule has 0 saturated carbocycles. The number of carbonyl (C=O) groups is 2. The fraction of sp³-hybridized carbons (Fsp3) is 0.211. The number of ketones is 1. The highest BCUT2D eigenvalue weighted by Crippen LogP contribution is 2.19. The zero-order valence-corrected chi connectivity index (χ0v) is 15.9. The fourth-order valence-corrected chi connectivity index (χ4v) is 3.19. The van der Waals surface area contributed by atoms with Crippen molar-refractivity contribution in [3.8, 4) is 5.69 Å². The smallest absolute Gasteiger partial charge is 0.225 e. The predicted octanol–water partition coefficient (Wildman–Crippen LogP) is 3.29. The third kappa shape index (κ3) is 5.01. The maximum Gasteiger partial charge on any atom is 0.225 e. The second-order valence-corrected chi connectivity index (χ2v) is 7.05. The number of rotatable bonds is 7. The van der Waals surface area contributed by atoms with Crippen LogP contribution in [0.1, 0.15) is 29.3 Å². The first-order chi connectivity index (χ1) is 13.0. The number of thioether (sulfide) groups is 1. The van der Waals surface area contributed by atoms with E-state index >= 15 is 0 Å². The molecule has 2 aromatic carbocycles. The van der Waals surface area contributed by atoms with Crippen LogP contribution in [0.3, 0.4) is 0 Å². The van der Waals surface area contributed by atoms with Gasteiger partial charge in [-0.05, 0) is 60.7 Å². The van der Waals surface area contributed by atoms with Crippen molar-refractivity contribution in [3.63, 3.8) is 0 Å². The van der Waals surface area contributed by atoms with Crippen LogP contribution in [0, 0.1) is 6.92 Å². The lowest BCUT2D eigenvalue weighted by Crippen LogP contribution is -2.12. The number of carbonyl (C=O) groups excluding carboxylic acids is 2. The van der Waals surface area contributed by atoms with Crippen LogP contribution in [0.15, 0.2) is 53.7 Å². The molecule has 0 aliphatic carbocycles. The lowest BCUT2D eigenvalue weighted by molar-refractivity contribution is -0.115. The molecule has 0 bridgehead atoms. The van der Waals surface area contributed by atoms with Gasteiger partial charge in [-0.15, -0.1) is 5.10 Å². The molecule has 3 aromatic rings. The maximum atomic E-state index is 12.1. The number of hydrogen-bond donors (Lipinski definition) is 1. The molecule has 0 saturated heterocycles. The summed E-state index contributed by atoms with van der Waals surface area (Å²) in [6.07, 6.45) is 0.319. The Bertz CT molecular complexity index is 935. The summed E-state index contributed by atoms with van der Waals surface area (Å²) >= 11 is 1.42. The predicted molar refractivity (Wildman–Crippen MR) is 104 cm³/mol. The zero-order chi connectivity index (χ0) is 19.2. The van der Waals surface area contributed by atoms with Crippen molar-refractivity contribution in [2.24, 2.45) is 0 Å². The topological polar surface area (TPSA) is 89.8 Å². The molecule has 0 atom stereocenters. The Labute approximate surface area is 161 Å². The van der Waals surface area contributed by atoms with Crippen LogP contribution in [0.5, 0.6) is 0 Å². The summed E-state index contributed by atoms with van der Waals surface area (Å²) in [4.78, 5) is 23.4. The van der Waals surface area contributed by atoms with Crippen molar-refractivity contribution in [2.75, 3.05) is 11.1 Å². The molecule has 0 radical (unpaired) electrons. The molecule has 0 spiro atoms. The van der Waals surface area contributed by atoms with E-state index in [1.165, 1.54) is 18.7 Å². The van der Waals surface area contributed by atoms with Crippen LogP contribution in [0.25, 0.3) is 5.69 Å². The Kier molecular flexibility index (Phi) is 5.97. The lowest BCUT2D eigenvalue weighted by Gasteiger charge is -2.06. The quantitative estimate of drug-likeness (QED) is 0.499. The SMILES string of the molecule is CC(=O)c1ccc(NC(=O)CCSc2nnnn2-c2ccc(C)cc2)cc1. The number of tetrazole rings is 1. The molecule has 7 nitrogen and oxygen atoms in total. The van der Waals surface area contributed by atoms with Gasteiger partial charge in [0.1, 0.15) is 0 Å². The molecule has 1 aromatic heterocycles. The molecule has 0 fully saturated rings. The van der Waals surface area contributed by atoms with E-state index in [9.17, 15) is 9.59 Å². The molecular formula is C19H19N5O2S. The first-order valence-electron chi connectivity index (χ1n) is 8.42. The normalized spacial score (nSPS) is 10.6. The van der Waals surface area contributed by atoms with Crippen molar-refractivity contribution >= 4 is 29.1 Å². The first kappa shape index (κ1) is 18.8. The van der Waals surface area contributed by atoms with Crippen molar-refractivity contribution in [3.05, 3.63) is 59.7 Å². The summed E-state index contributed by atoms with van der Waals surface area (Å²) in [5.74, 6) is 0.437. The van der Waals surface area contributed by atoms with Crippen molar-refractivity contribution in [1.82, 2.24) is 20.2 Å². The average Bonchev–Trinajstić information content (AvgIpc) is 3.11. The molecule has 1 N–H and O–H groups in total. The third-order valence-corrected chi connectivity index (χ3v) is 4.78. The van der Waals surface area contributed by atoms with Crippen LogP contribution in [-0.2, 0) is 4.79 Å². The van der Waals surface area contributed by atoms with Crippen LogP contribution in [0.4, 0.5) is 5.69 Å². The largest absolute Gasteiger partial charge is 0.326 e. The Morgan fingerprint density at radius 3 is 2.44 bits per heavy atom. The van der Waals surface area contributed by atoms with E-state index in [1.807, 2.05) is 31.2 Å². The van der Waals surface area contributed by atoms with E-state index in [1.54, 1.807) is 28.9 Å². The average molecular weight is 381 g/mol.